The van der Waals surface area contributed by atoms with Gasteiger partial charge in [0.15, 0.2) is 0 Å². The highest BCUT2D eigenvalue weighted by molar-refractivity contribution is 6.29. The number of rotatable bonds is 4. The number of halogens is 1. The SMILES string of the molecule is Cn1ccc(CNc2nc(Cl)ccc2C(=O)O)n1. The number of nitrogens with zero attached hydrogens (tertiary/aromatic N) is 3. The lowest BCUT2D eigenvalue weighted by molar-refractivity contribution is 0.0697. The van der Waals surface area contributed by atoms with Gasteiger partial charge in [-0.2, -0.15) is 5.10 Å². The molecule has 0 aliphatic rings. The Morgan fingerprint density at radius 1 is 1.50 bits per heavy atom. The van der Waals surface area contributed by atoms with E-state index >= 15 is 0 Å². The van der Waals surface area contributed by atoms with E-state index in [0.717, 1.165) is 5.69 Å². The number of carboxylic acid groups (broad SMARTS) is 1. The number of aryl methyl sites for hydroxylation is 1. The topological polar surface area (TPSA) is 80.0 Å². The second-order valence-electron chi connectivity index (χ2n) is 3.67. The summed E-state index contributed by atoms with van der Waals surface area (Å²) in [6.45, 7) is 0.383. The molecule has 94 valence electrons. The molecule has 0 aliphatic carbocycles. The summed E-state index contributed by atoms with van der Waals surface area (Å²) in [4.78, 5) is 15.0. The summed E-state index contributed by atoms with van der Waals surface area (Å²) in [6.07, 6.45) is 1.81. The van der Waals surface area contributed by atoms with E-state index in [1.54, 1.807) is 10.9 Å². The van der Waals surface area contributed by atoms with Gasteiger partial charge < -0.3 is 10.4 Å². The van der Waals surface area contributed by atoms with Crippen molar-refractivity contribution in [3.8, 4) is 0 Å². The van der Waals surface area contributed by atoms with Crippen LogP contribution in [0.4, 0.5) is 5.82 Å². The van der Waals surface area contributed by atoms with Crippen molar-refractivity contribution < 1.29 is 9.90 Å². The van der Waals surface area contributed by atoms with Crippen molar-refractivity contribution in [1.82, 2.24) is 14.8 Å². The third kappa shape index (κ3) is 2.78. The average Bonchev–Trinajstić information content (AvgIpc) is 2.72. The van der Waals surface area contributed by atoms with Gasteiger partial charge in [0.05, 0.1) is 12.2 Å². The Morgan fingerprint density at radius 2 is 2.28 bits per heavy atom. The number of nitrogens with one attached hydrogen (secondary N) is 1. The van der Waals surface area contributed by atoms with Gasteiger partial charge in [0.1, 0.15) is 16.5 Å². The van der Waals surface area contributed by atoms with E-state index in [-0.39, 0.29) is 16.5 Å². The van der Waals surface area contributed by atoms with E-state index in [0.29, 0.717) is 6.54 Å². The van der Waals surface area contributed by atoms with Gasteiger partial charge >= 0.3 is 5.97 Å². The average molecular weight is 267 g/mol. The second-order valence-corrected chi connectivity index (χ2v) is 4.06. The number of hydrogen-bond acceptors (Lipinski definition) is 4. The summed E-state index contributed by atoms with van der Waals surface area (Å²) < 4.78 is 1.67. The highest BCUT2D eigenvalue weighted by atomic mass is 35.5. The molecule has 0 aromatic carbocycles. The number of aromatic carboxylic acids is 1. The van der Waals surface area contributed by atoms with Crippen LogP contribution in [-0.2, 0) is 13.6 Å². The lowest BCUT2D eigenvalue weighted by Gasteiger charge is -2.07. The first-order valence-corrected chi connectivity index (χ1v) is 5.56. The first-order chi connectivity index (χ1) is 8.56. The van der Waals surface area contributed by atoms with Crippen LogP contribution in [0.25, 0.3) is 0 Å². The zero-order chi connectivity index (χ0) is 13.1. The number of carboxylic acids is 1. The molecule has 0 radical (unpaired) electrons. The van der Waals surface area contributed by atoms with Gasteiger partial charge in [0, 0.05) is 13.2 Å². The van der Waals surface area contributed by atoms with Crippen molar-refractivity contribution in [2.24, 2.45) is 7.05 Å². The van der Waals surface area contributed by atoms with Crippen molar-refractivity contribution in [3.05, 3.63) is 40.8 Å². The van der Waals surface area contributed by atoms with E-state index in [2.05, 4.69) is 15.4 Å². The minimum atomic E-state index is -1.05. The Hall–Kier alpha value is -2.08. The smallest absolute Gasteiger partial charge is 0.339 e. The first-order valence-electron chi connectivity index (χ1n) is 5.18. The molecule has 0 unspecified atom stereocenters. The van der Waals surface area contributed by atoms with Crippen LogP contribution in [0.15, 0.2) is 24.4 Å². The van der Waals surface area contributed by atoms with Crippen LogP contribution >= 0.6 is 11.6 Å². The second kappa shape index (κ2) is 5.05. The summed E-state index contributed by atoms with van der Waals surface area (Å²) in [7, 11) is 1.81. The third-order valence-electron chi connectivity index (χ3n) is 2.30. The van der Waals surface area contributed by atoms with E-state index in [4.69, 9.17) is 16.7 Å². The molecule has 0 saturated heterocycles. The monoisotopic (exact) mass is 266 g/mol. The van der Waals surface area contributed by atoms with Crippen molar-refractivity contribution in [2.45, 2.75) is 6.54 Å². The molecule has 0 aliphatic heterocycles. The minimum absolute atomic E-state index is 0.0790. The lowest BCUT2D eigenvalue weighted by atomic mass is 10.2. The molecule has 2 N–H and O–H groups in total. The van der Waals surface area contributed by atoms with Crippen LogP contribution in [0.3, 0.4) is 0 Å². The maximum atomic E-state index is 11.0. The number of aromatic nitrogens is 3. The maximum absolute atomic E-state index is 11.0. The maximum Gasteiger partial charge on any atom is 0.339 e. The molecule has 2 rings (SSSR count). The van der Waals surface area contributed by atoms with Gasteiger partial charge in [-0.25, -0.2) is 9.78 Å². The van der Waals surface area contributed by atoms with Crippen LogP contribution in [0.1, 0.15) is 16.1 Å². The molecular formula is C11H11ClN4O2. The summed E-state index contributed by atoms with van der Waals surface area (Å²) in [5.74, 6) is -0.816. The quantitative estimate of drug-likeness (QED) is 0.825. The van der Waals surface area contributed by atoms with Gasteiger partial charge in [-0.1, -0.05) is 11.6 Å². The largest absolute Gasteiger partial charge is 0.478 e. The van der Waals surface area contributed by atoms with Crippen LogP contribution in [0, 0.1) is 0 Å². The molecule has 0 fully saturated rings. The fourth-order valence-corrected chi connectivity index (χ4v) is 1.62. The zero-order valence-corrected chi connectivity index (χ0v) is 10.3. The molecule has 2 aromatic heterocycles. The Balaban J connectivity index is 2.17. The Bertz CT molecular complexity index is 582. The van der Waals surface area contributed by atoms with Crippen LogP contribution < -0.4 is 5.32 Å². The van der Waals surface area contributed by atoms with Gasteiger partial charge in [-0.15, -0.1) is 0 Å². The molecule has 0 bridgehead atoms. The molecule has 0 amide bonds. The Labute approximate surface area is 108 Å². The summed E-state index contributed by atoms with van der Waals surface area (Å²) in [5, 5.41) is 16.3. The Kier molecular flexibility index (Phi) is 3.47. The van der Waals surface area contributed by atoms with Crippen molar-refractivity contribution in [2.75, 3.05) is 5.32 Å². The van der Waals surface area contributed by atoms with Gasteiger partial charge in [-0.3, -0.25) is 4.68 Å². The van der Waals surface area contributed by atoms with Gasteiger partial charge in [-0.05, 0) is 18.2 Å². The molecule has 7 heteroatoms. The summed E-state index contributed by atoms with van der Waals surface area (Å²) >= 11 is 5.74. The normalized spacial score (nSPS) is 10.3. The number of hydrogen-bond donors (Lipinski definition) is 2. The standard InChI is InChI=1S/C11H11ClN4O2/c1-16-5-4-7(15-16)6-13-10-8(11(17)18)2-3-9(12)14-10/h2-5H,6H2,1H3,(H,13,14)(H,17,18). The highest BCUT2D eigenvalue weighted by Crippen LogP contribution is 2.17. The van der Waals surface area contributed by atoms with Crippen molar-refractivity contribution >= 4 is 23.4 Å². The predicted octanol–water partition coefficient (Wildman–Crippen LogP) is 1.78. The van der Waals surface area contributed by atoms with E-state index in [1.165, 1.54) is 12.1 Å². The van der Waals surface area contributed by atoms with E-state index in [9.17, 15) is 4.79 Å². The van der Waals surface area contributed by atoms with Crippen molar-refractivity contribution in [3.63, 3.8) is 0 Å². The fraction of sp³-hybridized carbons (Fsp3) is 0.182. The number of carbonyl (C=O) groups is 1. The van der Waals surface area contributed by atoms with Gasteiger partial charge in [0.2, 0.25) is 0 Å². The van der Waals surface area contributed by atoms with E-state index < -0.39 is 5.97 Å². The molecule has 2 heterocycles. The number of pyridine rings is 1. The van der Waals surface area contributed by atoms with Crippen molar-refractivity contribution in [1.29, 1.82) is 0 Å². The molecule has 18 heavy (non-hydrogen) atoms. The molecule has 0 atom stereocenters. The third-order valence-corrected chi connectivity index (χ3v) is 2.51. The fourth-order valence-electron chi connectivity index (χ4n) is 1.47. The highest BCUT2D eigenvalue weighted by Gasteiger charge is 2.12. The molecule has 0 spiro atoms. The van der Waals surface area contributed by atoms with E-state index in [1.807, 2.05) is 13.1 Å². The molecular weight excluding hydrogens is 256 g/mol. The summed E-state index contributed by atoms with van der Waals surface area (Å²) in [6, 6.07) is 4.69. The minimum Gasteiger partial charge on any atom is -0.478 e. The number of anilines is 1. The predicted molar refractivity (Wildman–Crippen MR) is 66.7 cm³/mol. The van der Waals surface area contributed by atoms with Crippen LogP contribution in [0.2, 0.25) is 5.15 Å². The summed E-state index contributed by atoms with van der Waals surface area (Å²) in [5.41, 5.74) is 0.867. The lowest BCUT2D eigenvalue weighted by Crippen LogP contribution is -2.09. The first kappa shape index (κ1) is 12.4. The van der Waals surface area contributed by atoms with Crippen LogP contribution in [0.5, 0.6) is 0 Å². The zero-order valence-electron chi connectivity index (χ0n) is 9.59. The molecule has 6 nitrogen and oxygen atoms in total. The van der Waals surface area contributed by atoms with Crippen LogP contribution in [-0.4, -0.2) is 25.8 Å². The molecule has 0 saturated carbocycles. The Morgan fingerprint density at radius 3 is 2.89 bits per heavy atom. The molecule has 2 aromatic rings. The van der Waals surface area contributed by atoms with Gasteiger partial charge in [0.25, 0.3) is 0 Å².